The Bertz CT molecular complexity index is 5760. The number of rotatable bonds is 27. The van der Waals surface area contributed by atoms with Gasteiger partial charge < -0.3 is 63.8 Å². The van der Waals surface area contributed by atoms with E-state index in [0.29, 0.717) is 26.2 Å². The molecule has 16 rings (SSSR count). The summed E-state index contributed by atoms with van der Waals surface area (Å²) in [5, 5.41) is 25.9. The van der Waals surface area contributed by atoms with Crippen molar-refractivity contribution >= 4 is 109 Å². The number of hydrogen-bond acceptors (Lipinski definition) is 20. The summed E-state index contributed by atoms with van der Waals surface area (Å²) >= 11 is 6.42. The number of hydrogen-bond donors (Lipinski definition) is 8. The van der Waals surface area contributed by atoms with Crippen molar-refractivity contribution in [3.8, 4) is 33.6 Å². The molecule has 24 nitrogen and oxygen atoms in total. The maximum atomic E-state index is 13.6. The zero-order valence-electron chi connectivity index (χ0n) is 77.5. The lowest BCUT2D eigenvalue weighted by molar-refractivity contribution is -0.138. The summed E-state index contributed by atoms with van der Waals surface area (Å²) in [6.45, 7) is 24.7. The smallest absolute Gasteiger partial charge is 0.246 e. The van der Waals surface area contributed by atoms with Gasteiger partial charge in [0.2, 0.25) is 47.3 Å². The molecule has 0 unspecified atom stereocenters. The van der Waals surface area contributed by atoms with E-state index < -0.39 is 48.3 Å². The van der Waals surface area contributed by atoms with E-state index in [2.05, 4.69) is 176 Å². The first kappa shape index (κ1) is 98.2. The molecule has 0 saturated carbocycles. The topological polar surface area (TPSA) is 353 Å². The van der Waals surface area contributed by atoms with Gasteiger partial charge in [-0.15, -0.1) is 45.3 Å². The van der Waals surface area contributed by atoms with Crippen LogP contribution in [-0.4, -0.2) is 161 Å². The normalized spacial score (nSPS) is 18.2. The van der Waals surface area contributed by atoms with Gasteiger partial charge in [-0.05, 0) is 153 Å². The van der Waals surface area contributed by atoms with Gasteiger partial charge in [0.15, 0.2) is 0 Å². The van der Waals surface area contributed by atoms with Crippen LogP contribution < -0.4 is 44.2 Å². The summed E-state index contributed by atoms with van der Waals surface area (Å²) in [5.41, 5.74) is 37.3. The largest absolute Gasteiger partial charge is 0.343 e. The van der Waals surface area contributed by atoms with Gasteiger partial charge in [0.05, 0.1) is 77.0 Å². The highest BCUT2D eigenvalue weighted by Gasteiger charge is 2.43. The molecular weight excluding hydrogens is 1730 g/mol. The highest BCUT2D eigenvalue weighted by Crippen LogP contribution is 2.45. The maximum Gasteiger partial charge on any atom is 0.246 e. The van der Waals surface area contributed by atoms with Crippen molar-refractivity contribution in [2.75, 3.05) is 26.2 Å². The van der Waals surface area contributed by atoms with Crippen LogP contribution in [-0.2, 0) is 44.8 Å². The molecule has 0 radical (unpaired) electrons. The zero-order valence-corrected chi connectivity index (χ0v) is 80.8. The second kappa shape index (κ2) is 45.4. The van der Waals surface area contributed by atoms with Crippen molar-refractivity contribution in [1.29, 1.82) is 0 Å². The number of nitrogens with one attached hydrogen (secondary N) is 4. The Labute approximate surface area is 791 Å². The predicted molar refractivity (Wildman–Crippen MR) is 530 cm³/mol. The van der Waals surface area contributed by atoms with E-state index >= 15 is 0 Å². The minimum atomic E-state index is -0.659. The van der Waals surface area contributed by atoms with E-state index in [1.54, 1.807) is 73.0 Å². The number of nitrogens with two attached hydrogens (primary N) is 4. The third-order valence-corrected chi connectivity index (χ3v) is 28.8. The number of likely N-dealkylation sites (tertiary alicyclic amines) is 4. The number of fused-ring (bicyclic) bond motifs is 2. The fourth-order valence-corrected chi connectivity index (χ4v) is 21.6. The van der Waals surface area contributed by atoms with Crippen LogP contribution in [0.4, 0.5) is 0 Å². The van der Waals surface area contributed by atoms with E-state index in [0.717, 1.165) is 123 Å². The Morgan fingerprint density at radius 2 is 0.659 bits per heavy atom. The second-order valence-corrected chi connectivity index (χ2v) is 39.9. The first-order valence-corrected chi connectivity index (χ1v) is 49.8. The zero-order chi connectivity index (χ0) is 94.1. The molecular formula is C104H126N16O8S4. The predicted octanol–water partition coefficient (Wildman–Crippen LogP) is 16.5. The van der Waals surface area contributed by atoms with Crippen LogP contribution in [0.3, 0.4) is 0 Å². The van der Waals surface area contributed by atoms with Gasteiger partial charge in [0, 0.05) is 64.4 Å². The molecule has 132 heavy (non-hydrogen) atoms. The third kappa shape index (κ3) is 23.5. The molecule has 4 aliphatic heterocycles. The molecule has 12 N–H and O–H groups in total. The molecule has 7 aromatic carbocycles. The molecule has 1 aliphatic carbocycles. The van der Waals surface area contributed by atoms with Gasteiger partial charge in [0.1, 0.15) is 44.2 Å². The molecule has 28 heteroatoms. The van der Waals surface area contributed by atoms with Gasteiger partial charge in [0.25, 0.3) is 0 Å². The van der Waals surface area contributed by atoms with E-state index in [9.17, 15) is 38.4 Å². The molecule has 4 saturated heterocycles. The minimum absolute atomic E-state index is 0.0246. The Hall–Kier alpha value is -11.3. The lowest BCUT2D eigenvalue weighted by atomic mass is 9.89. The molecule has 0 bridgehead atoms. The summed E-state index contributed by atoms with van der Waals surface area (Å²) in [4.78, 5) is 130. The van der Waals surface area contributed by atoms with Crippen molar-refractivity contribution in [3.63, 3.8) is 0 Å². The number of carbonyl (C=O) groups is 8. The van der Waals surface area contributed by atoms with E-state index in [4.69, 9.17) is 42.9 Å². The number of thiazole rings is 4. The average Bonchev–Trinajstić information content (AvgIpc) is 1.65. The number of aromatic nitrogens is 4. The van der Waals surface area contributed by atoms with Gasteiger partial charge >= 0.3 is 0 Å². The quantitative estimate of drug-likeness (QED) is 0.0237. The molecule has 4 fully saturated rings. The molecule has 4 aromatic heterocycles. The SMILES string of the molecule is CC(C)[C@H](NC(=O)[C@H](C)N)C(=O)N1CCC[C@@H]1c1nc(C(c2ccccc2)c2ccccc2)cs1.CC(C)[C@H](NC(=O)[C@H](C)N)C(=O)N1CCC[C@H]1c1nc(-c2cccc3ccccc23)cs1.CC(C)[C@H](NC(=O)[C@H](C)N)C(=O)N1CCC[C@H]1c1nc(-c2ccccc2-c2ccccc2)cs1.CC(C)[C@H](NC(=O)[C@H](C)N)C(=O)N1CCC[C@H]1c1nc(C2=CCc3ccccc32)cs1. The van der Waals surface area contributed by atoms with Gasteiger partial charge in [-0.3, -0.25) is 38.4 Å². The fourth-order valence-electron chi connectivity index (χ4n) is 17.7. The van der Waals surface area contributed by atoms with Crippen LogP contribution in [0.5, 0.6) is 0 Å². The fraction of sp³-hybridized carbons (Fsp3) is 0.404. The minimum Gasteiger partial charge on any atom is -0.343 e. The molecule has 5 aliphatic rings. The van der Waals surface area contributed by atoms with Crippen molar-refractivity contribution in [3.05, 3.63) is 263 Å². The number of allylic oxidation sites excluding steroid dienone is 1. The van der Waals surface area contributed by atoms with Crippen molar-refractivity contribution in [2.24, 2.45) is 46.6 Å². The van der Waals surface area contributed by atoms with E-state index in [1.165, 1.54) is 38.6 Å². The number of nitrogens with zero attached hydrogens (tertiary/aromatic N) is 8. The van der Waals surface area contributed by atoms with Gasteiger partial charge in [-0.1, -0.05) is 243 Å². The van der Waals surface area contributed by atoms with Crippen LogP contribution >= 0.6 is 45.3 Å². The van der Waals surface area contributed by atoms with E-state index in [-0.39, 0.29) is 101 Å². The monoisotopic (exact) mass is 1850 g/mol. The summed E-state index contributed by atoms with van der Waals surface area (Å²) in [6, 6.07) is 57.1. The first-order chi connectivity index (χ1) is 63.5. The number of amides is 8. The Morgan fingerprint density at radius 1 is 0.341 bits per heavy atom. The van der Waals surface area contributed by atoms with Crippen LogP contribution in [0.2, 0.25) is 0 Å². The lowest BCUT2D eigenvalue weighted by Gasteiger charge is -2.30. The Balaban J connectivity index is 0.000000150. The van der Waals surface area contributed by atoms with Crippen LogP contribution in [0.1, 0.15) is 218 Å². The molecule has 8 heterocycles. The van der Waals surface area contributed by atoms with Crippen LogP contribution in [0.25, 0.3) is 50.0 Å². The van der Waals surface area contributed by atoms with Crippen LogP contribution in [0, 0.1) is 23.7 Å². The third-order valence-electron chi connectivity index (χ3n) is 25.0. The molecule has 694 valence electrons. The van der Waals surface area contributed by atoms with Crippen molar-refractivity contribution in [2.45, 2.75) is 219 Å². The summed E-state index contributed by atoms with van der Waals surface area (Å²) in [5.74, 6) is -1.56. The molecule has 11 aromatic rings. The molecule has 8 amide bonds. The van der Waals surface area contributed by atoms with Gasteiger partial charge in [-0.25, -0.2) is 19.9 Å². The van der Waals surface area contributed by atoms with Crippen molar-refractivity contribution in [1.82, 2.24) is 60.8 Å². The molecule has 12 atom stereocenters. The number of carbonyl (C=O) groups excluding carboxylic acids is 8. The molecule has 0 spiro atoms. The Kier molecular flexibility index (Phi) is 33.8. The van der Waals surface area contributed by atoms with Crippen LogP contribution in [0.15, 0.2) is 210 Å². The Morgan fingerprint density at radius 3 is 1.07 bits per heavy atom. The average molecular weight is 1860 g/mol. The second-order valence-electron chi connectivity index (χ2n) is 36.3. The number of benzene rings is 7. The summed E-state index contributed by atoms with van der Waals surface area (Å²) in [7, 11) is 0. The van der Waals surface area contributed by atoms with Crippen molar-refractivity contribution < 1.29 is 38.4 Å². The standard InChI is InChI=1S/C28H34N4O2S.C27H32N4O2S.C25H30N4O2S.C24H30N4O2S/c1-18(2)25(31-26(33)19(3)29)28(34)32-16-10-15-23(32)27-30-22(17-35-27)24(20-11-6-4-7-12-20)21-13-8-5-9-14-21;1-17(2)24(30-25(32)18(3)28)27(33)31-15-9-14-23(31)26-29-22(16-34-26)21-13-8-7-12-20(21)19-10-5-4-6-11-19;1-15(2)22(28-23(30)16(3)26)25(31)29-13-7-12-21(29)24-27-20(14-32-24)19-11-6-9-17-8-4-5-10-18(17)19;1-14(2)21(27-22(29)15(3)25)24(30)28-12-6-9-20(28)23-26-19(13-31-23)18-11-10-16-7-4-5-8-17(16)18/h4-9,11-14,17-19,23-25H,10,15-16,29H2,1-3H3,(H,31,33);4-8,10-13,16-18,23-24H,9,14-15,28H2,1-3H3,(H,30,32);4-6,8-11,14-16,21-22H,7,12-13,26H2,1-3H3,(H,28,30);4-5,7-8,11,13-15,20-21H,6,9-10,12,25H2,1-3H3,(H,27,29)/t19-,23+,25-;18-,23-,24-;16-,21-,22-;15-,20-,21-/m0000/s1. The van der Waals surface area contributed by atoms with Gasteiger partial charge in [-0.2, -0.15) is 0 Å². The lowest BCUT2D eigenvalue weighted by Crippen LogP contribution is -2.54. The maximum absolute atomic E-state index is 13.6. The summed E-state index contributed by atoms with van der Waals surface area (Å²) in [6.07, 6.45) is 10.4. The highest BCUT2D eigenvalue weighted by molar-refractivity contribution is 7.10. The highest BCUT2D eigenvalue weighted by atomic mass is 32.1. The van der Waals surface area contributed by atoms with E-state index in [1.807, 2.05) is 130 Å². The summed E-state index contributed by atoms with van der Waals surface area (Å²) < 4.78 is 0. The first-order valence-electron chi connectivity index (χ1n) is 46.2.